The van der Waals surface area contributed by atoms with Crippen molar-refractivity contribution in [3.05, 3.63) is 59.1 Å². The van der Waals surface area contributed by atoms with E-state index in [9.17, 15) is 18.0 Å². The summed E-state index contributed by atoms with van der Waals surface area (Å²) >= 11 is 5.76. The van der Waals surface area contributed by atoms with E-state index in [0.29, 0.717) is 10.7 Å². The molecule has 0 aliphatic rings. The summed E-state index contributed by atoms with van der Waals surface area (Å²) in [7, 11) is 0. The normalized spacial score (nSPS) is 12.6. The molecule has 3 nitrogen and oxygen atoms in total. The number of benzene rings is 2. The molecule has 2 N–H and O–H groups in total. The summed E-state index contributed by atoms with van der Waals surface area (Å²) in [5, 5.41) is 5.74. The smallest absolute Gasteiger partial charge is 0.374 e. The minimum atomic E-state index is -4.53. The topological polar surface area (TPSA) is 41.1 Å². The molecule has 2 rings (SSSR count). The lowest BCUT2D eigenvalue weighted by Crippen LogP contribution is -2.32. The molecule has 1 unspecified atom stereocenters. The zero-order valence-corrected chi connectivity index (χ0v) is 12.9. The fourth-order valence-corrected chi connectivity index (χ4v) is 2.07. The number of alkyl halides is 3. The maximum absolute atomic E-state index is 12.9. The number of anilines is 2. The highest BCUT2D eigenvalue weighted by atomic mass is 35.5. The number of para-hydroxylation sites is 1. The van der Waals surface area contributed by atoms with Crippen molar-refractivity contribution in [2.45, 2.75) is 19.1 Å². The second kappa shape index (κ2) is 6.91. The van der Waals surface area contributed by atoms with Gasteiger partial charge in [-0.05, 0) is 43.3 Å². The van der Waals surface area contributed by atoms with Gasteiger partial charge >= 0.3 is 6.18 Å². The van der Waals surface area contributed by atoms with Gasteiger partial charge in [0, 0.05) is 10.7 Å². The third-order valence-electron chi connectivity index (χ3n) is 3.11. The molecule has 0 radical (unpaired) electrons. The number of halogens is 4. The first kappa shape index (κ1) is 17.1. The largest absolute Gasteiger partial charge is 0.418 e. The van der Waals surface area contributed by atoms with Gasteiger partial charge in [-0.1, -0.05) is 23.7 Å². The molecule has 122 valence electrons. The predicted octanol–water partition coefficient (Wildman–Crippen LogP) is 4.80. The van der Waals surface area contributed by atoms with Crippen LogP contribution in [0.1, 0.15) is 12.5 Å². The molecule has 0 bridgehead atoms. The second-order valence-corrected chi connectivity index (χ2v) is 5.34. The number of hydrogen-bond donors (Lipinski definition) is 2. The summed E-state index contributed by atoms with van der Waals surface area (Å²) in [5.41, 5.74) is -0.511. The summed E-state index contributed by atoms with van der Waals surface area (Å²) in [6, 6.07) is 10.8. The SMILES string of the molecule is CC(Nc1ccc(Cl)cc1)C(=O)Nc1ccccc1C(F)(F)F. The van der Waals surface area contributed by atoms with E-state index in [0.717, 1.165) is 6.07 Å². The summed E-state index contributed by atoms with van der Waals surface area (Å²) < 4.78 is 38.7. The Balaban J connectivity index is 2.08. The zero-order chi connectivity index (χ0) is 17.0. The average Bonchev–Trinajstić information content (AvgIpc) is 2.49. The first-order chi connectivity index (χ1) is 10.8. The second-order valence-electron chi connectivity index (χ2n) is 4.91. The fourth-order valence-electron chi connectivity index (χ4n) is 1.94. The first-order valence-corrected chi connectivity index (χ1v) is 7.14. The van der Waals surface area contributed by atoms with Gasteiger partial charge in [-0.15, -0.1) is 0 Å². The predicted molar refractivity (Wildman–Crippen MR) is 84.6 cm³/mol. The van der Waals surface area contributed by atoms with E-state index in [4.69, 9.17) is 11.6 Å². The number of rotatable bonds is 4. The van der Waals surface area contributed by atoms with Crippen molar-refractivity contribution < 1.29 is 18.0 Å². The van der Waals surface area contributed by atoms with E-state index in [2.05, 4.69) is 10.6 Å². The minimum Gasteiger partial charge on any atom is -0.374 e. The molecule has 0 aromatic heterocycles. The van der Waals surface area contributed by atoms with Crippen LogP contribution in [0.5, 0.6) is 0 Å². The van der Waals surface area contributed by atoms with Gasteiger partial charge in [0.1, 0.15) is 6.04 Å². The van der Waals surface area contributed by atoms with Crippen LogP contribution >= 0.6 is 11.6 Å². The van der Waals surface area contributed by atoms with E-state index < -0.39 is 23.7 Å². The lowest BCUT2D eigenvalue weighted by atomic mass is 10.1. The number of amides is 1. The van der Waals surface area contributed by atoms with Crippen LogP contribution in [0.3, 0.4) is 0 Å². The van der Waals surface area contributed by atoms with Crippen LogP contribution in [0.2, 0.25) is 5.02 Å². The molecule has 0 heterocycles. The summed E-state index contributed by atoms with van der Waals surface area (Å²) in [4.78, 5) is 12.1. The van der Waals surface area contributed by atoms with Crippen LogP contribution in [0.4, 0.5) is 24.5 Å². The van der Waals surface area contributed by atoms with Crippen LogP contribution in [0.25, 0.3) is 0 Å². The van der Waals surface area contributed by atoms with E-state index in [1.54, 1.807) is 31.2 Å². The van der Waals surface area contributed by atoms with Crippen LogP contribution in [-0.2, 0) is 11.0 Å². The first-order valence-electron chi connectivity index (χ1n) is 6.76. The molecule has 1 amide bonds. The van der Waals surface area contributed by atoms with Crippen molar-refractivity contribution in [2.24, 2.45) is 0 Å². The molecule has 7 heteroatoms. The third kappa shape index (κ3) is 4.63. The maximum Gasteiger partial charge on any atom is 0.418 e. The zero-order valence-electron chi connectivity index (χ0n) is 12.1. The number of carbonyl (C=O) groups excluding carboxylic acids is 1. The Morgan fingerprint density at radius 3 is 2.30 bits per heavy atom. The molecule has 2 aromatic rings. The molecule has 0 fully saturated rings. The van der Waals surface area contributed by atoms with Crippen molar-refractivity contribution in [1.82, 2.24) is 0 Å². The molecule has 0 aliphatic heterocycles. The van der Waals surface area contributed by atoms with Crippen molar-refractivity contribution in [1.29, 1.82) is 0 Å². The van der Waals surface area contributed by atoms with Crippen molar-refractivity contribution in [2.75, 3.05) is 10.6 Å². The van der Waals surface area contributed by atoms with Gasteiger partial charge in [0.05, 0.1) is 11.3 Å². The third-order valence-corrected chi connectivity index (χ3v) is 3.36. The Kier molecular flexibility index (Phi) is 5.15. The molecular weight excluding hydrogens is 329 g/mol. The molecule has 1 atom stereocenters. The Labute approximate surface area is 136 Å². The molecule has 0 saturated heterocycles. The Morgan fingerprint density at radius 1 is 1.09 bits per heavy atom. The van der Waals surface area contributed by atoms with Gasteiger partial charge in [-0.2, -0.15) is 13.2 Å². The summed E-state index contributed by atoms with van der Waals surface area (Å²) in [5.74, 6) is -0.573. The monoisotopic (exact) mass is 342 g/mol. The Hall–Kier alpha value is -2.21. The Bertz CT molecular complexity index is 686. The number of nitrogens with one attached hydrogen (secondary N) is 2. The van der Waals surface area contributed by atoms with E-state index in [1.165, 1.54) is 18.2 Å². The number of hydrogen-bond acceptors (Lipinski definition) is 2. The molecular formula is C16H14ClF3N2O. The Morgan fingerprint density at radius 2 is 1.70 bits per heavy atom. The van der Waals surface area contributed by atoms with Gasteiger partial charge in [-0.3, -0.25) is 4.79 Å². The lowest BCUT2D eigenvalue weighted by molar-refractivity contribution is -0.137. The summed E-state index contributed by atoms with van der Waals surface area (Å²) in [6.45, 7) is 1.56. The van der Waals surface area contributed by atoms with Crippen LogP contribution in [0, 0.1) is 0 Å². The van der Waals surface area contributed by atoms with Gasteiger partial charge in [-0.25, -0.2) is 0 Å². The van der Waals surface area contributed by atoms with Crippen molar-refractivity contribution in [3.63, 3.8) is 0 Å². The molecule has 0 saturated carbocycles. The maximum atomic E-state index is 12.9. The number of carbonyl (C=O) groups is 1. The van der Waals surface area contributed by atoms with Gasteiger partial charge < -0.3 is 10.6 Å². The molecule has 2 aromatic carbocycles. The van der Waals surface area contributed by atoms with Crippen LogP contribution in [-0.4, -0.2) is 11.9 Å². The fraction of sp³-hybridized carbons (Fsp3) is 0.188. The van der Waals surface area contributed by atoms with E-state index in [1.807, 2.05) is 0 Å². The average molecular weight is 343 g/mol. The van der Waals surface area contributed by atoms with Gasteiger partial charge in [0.2, 0.25) is 5.91 Å². The quantitative estimate of drug-likeness (QED) is 0.838. The highest BCUT2D eigenvalue weighted by Gasteiger charge is 2.33. The molecule has 0 spiro atoms. The summed E-state index contributed by atoms with van der Waals surface area (Å²) in [6.07, 6.45) is -4.53. The molecule has 23 heavy (non-hydrogen) atoms. The van der Waals surface area contributed by atoms with Crippen LogP contribution < -0.4 is 10.6 Å². The highest BCUT2D eigenvalue weighted by Crippen LogP contribution is 2.34. The molecule has 0 aliphatic carbocycles. The lowest BCUT2D eigenvalue weighted by Gasteiger charge is -2.18. The van der Waals surface area contributed by atoms with E-state index >= 15 is 0 Å². The van der Waals surface area contributed by atoms with Crippen LogP contribution in [0.15, 0.2) is 48.5 Å². The van der Waals surface area contributed by atoms with Crippen molar-refractivity contribution >= 4 is 28.9 Å². The van der Waals surface area contributed by atoms with Crippen molar-refractivity contribution in [3.8, 4) is 0 Å². The van der Waals surface area contributed by atoms with Gasteiger partial charge in [0.15, 0.2) is 0 Å². The minimum absolute atomic E-state index is 0.269. The van der Waals surface area contributed by atoms with Gasteiger partial charge in [0.25, 0.3) is 0 Å². The highest BCUT2D eigenvalue weighted by molar-refractivity contribution is 6.30. The van der Waals surface area contributed by atoms with E-state index in [-0.39, 0.29) is 5.69 Å². The standard InChI is InChI=1S/C16H14ClF3N2O/c1-10(21-12-8-6-11(17)7-9-12)15(23)22-14-5-3-2-4-13(14)16(18,19)20/h2-10,21H,1H3,(H,22,23).